The van der Waals surface area contributed by atoms with Gasteiger partial charge in [-0.3, -0.25) is 0 Å². The van der Waals surface area contributed by atoms with Gasteiger partial charge in [-0.1, -0.05) is 0 Å². The molecular formula is C13H16N6S2. The smallest absolute Gasteiger partial charge is 0.149 e. The van der Waals surface area contributed by atoms with Crippen molar-refractivity contribution in [1.82, 2.24) is 18.9 Å². The summed E-state index contributed by atoms with van der Waals surface area (Å²) >= 11 is 2.99. The zero-order chi connectivity index (χ0) is 14.7. The lowest BCUT2D eigenvalue weighted by atomic mass is 10.3. The molecule has 0 atom stereocenters. The monoisotopic (exact) mass is 320 g/mol. The molecular weight excluding hydrogens is 304 g/mol. The molecule has 0 aromatic carbocycles. The Morgan fingerprint density at radius 3 is 3.05 bits per heavy atom. The molecule has 3 aromatic heterocycles. The first-order valence-corrected chi connectivity index (χ1v) is 8.26. The van der Waals surface area contributed by atoms with Gasteiger partial charge in [-0.15, -0.1) is 11.3 Å². The molecule has 0 spiro atoms. The quantitative estimate of drug-likeness (QED) is 0.683. The lowest BCUT2D eigenvalue weighted by Gasteiger charge is -2.06. The lowest BCUT2D eigenvalue weighted by molar-refractivity contribution is 0.661. The minimum absolute atomic E-state index is 0.548. The Morgan fingerprint density at radius 2 is 2.33 bits per heavy atom. The van der Waals surface area contributed by atoms with Gasteiger partial charge in [-0.05, 0) is 24.9 Å². The van der Waals surface area contributed by atoms with Crippen LogP contribution in [0.3, 0.4) is 0 Å². The molecule has 3 N–H and O–H groups in total. The highest BCUT2D eigenvalue weighted by molar-refractivity contribution is 7.15. The SMILES string of the molecule is Cc1csc(-c2c(N)nsc2NCCCn2ccnc2)n1. The maximum absolute atomic E-state index is 5.98. The van der Waals surface area contributed by atoms with E-state index in [4.69, 9.17) is 5.73 Å². The molecule has 3 rings (SSSR count). The molecule has 6 nitrogen and oxygen atoms in total. The molecule has 0 aliphatic heterocycles. The van der Waals surface area contributed by atoms with E-state index in [1.165, 1.54) is 11.5 Å². The third-order valence-electron chi connectivity index (χ3n) is 2.99. The van der Waals surface area contributed by atoms with Crippen LogP contribution in [-0.4, -0.2) is 25.5 Å². The van der Waals surface area contributed by atoms with Gasteiger partial charge in [-0.25, -0.2) is 9.97 Å². The fraction of sp³-hybridized carbons (Fsp3) is 0.308. The van der Waals surface area contributed by atoms with Crippen LogP contribution in [0.25, 0.3) is 10.6 Å². The minimum atomic E-state index is 0.548. The number of anilines is 2. The second-order valence-electron chi connectivity index (χ2n) is 4.65. The zero-order valence-corrected chi connectivity index (χ0v) is 13.2. The summed E-state index contributed by atoms with van der Waals surface area (Å²) in [6.07, 6.45) is 6.59. The maximum atomic E-state index is 5.98. The van der Waals surface area contributed by atoms with E-state index in [1.54, 1.807) is 17.5 Å². The van der Waals surface area contributed by atoms with Crippen LogP contribution in [0.15, 0.2) is 24.1 Å². The molecule has 0 radical (unpaired) electrons. The van der Waals surface area contributed by atoms with Gasteiger partial charge in [0, 0.05) is 36.6 Å². The Kier molecular flexibility index (Phi) is 4.16. The molecule has 0 bridgehead atoms. The Morgan fingerprint density at radius 1 is 1.43 bits per heavy atom. The molecule has 0 aliphatic rings. The van der Waals surface area contributed by atoms with E-state index in [0.29, 0.717) is 5.82 Å². The molecule has 3 aromatic rings. The summed E-state index contributed by atoms with van der Waals surface area (Å²) in [4.78, 5) is 8.53. The third-order valence-corrected chi connectivity index (χ3v) is 4.79. The highest BCUT2D eigenvalue weighted by Gasteiger charge is 2.16. The third kappa shape index (κ3) is 3.22. The summed E-state index contributed by atoms with van der Waals surface area (Å²) in [7, 11) is 0. The largest absolute Gasteiger partial charge is 0.382 e. The van der Waals surface area contributed by atoms with Gasteiger partial charge < -0.3 is 15.6 Å². The van der Waals surface area contributed by atoms with Crippen LogP contribution < -0.4 is 11.1 Å². The summed E-state index contributed by atoms with van der Waals surface area (Å²) < 4.78 is 6.30. The predicted molar refractivity (Wildman–Crippen MR) is 87.7 cm³/mol. The van der Waals surface area contributed by atoms with Crippen molar-refractivity contribution in [2.24, 2.45) is 0 Å². The van der Waals surface area contributed by atoms with E-state index in [9.17, 15) is 0 Å². The van der Waals surface area contributed by atoms with Gasteiger partial charge in [0.2, 0.25) is 0 Å². The Balaban J connectivity index is 1.63. The van der Waals surface area contributed by atoms with Crippen molar-refractivity contribution in [3.63, 3.8) is 0 Å². The van der Waals surface area contributed by atoms with Crippen molar-refractivity contribution in [2.45, 2.75) is 19.9 Å². The zero-order valence-electron chi connectivity index (χ0n) is 11.6. The van der Waals surface area contributed by atoms with Crippen molar-refractivity contribution in [3.8, 4) is 10.6 Å². The standard InChI is InChI=1S/C13H16N6S2/c1-9-7-20-13(17-9)10-11(14)18-21-12(10)16-3-2-5-19-6-4-15-8-19/h4,6-8,16H,2-3,5H2,1H3,(H2,14,18). The van der Waals surface area contributed by atoms with Crippen molar-refractivity contribution in [2.75, 3.05) is 17.6 Å². The van der Waals surface area contributed by atoms with E-state index in [1.807, 2.05) is 24.8 Å². The second kappa shape index (κ2) is 6.23. The minimum Gasteiger partial charge on any atom is -0.382 e. The number of hydrogen-bond donors (Lipinski definition) is 2. The molecule has 3 heterocycles. The molecule has 0 saturated carbocycles. The van der Waals surface area contributed by atoms with Crippen LogP contribution >= 0.6 is 22.9 Å². The summed E-state index contributed by atoms with van der Waals surface area (Å²) in [5, 5.41) is 7.36. The number of hydrogen-bond acceptors (Lipinski definition) is 7. The average molecular weight is 320 g/mol. The highest BCUT2D eigenvalue weighted by atomic mass is 32.1. The maximum Gasteiger partial charge on any atom is 0.149 e. The van der Waals surface area contributed by atoms with E-state index in [-0.39, 0.29) is 0 Å². The second-order valence-corrected chi connectivity index (χ2v) is 6.28. The van der Waals surface area contributed by atoms with E-state index in [0.717, 1.165) is 40.8 Å². The first-order valence-electron chi connectivity index (χ1n) is 6.61. The van der Waals surface area contributed by atoms with Gasteiger partial charge in [0.15, 0.2) is 0 Å². The first-order chi connectivity index (χ1) is 10.2. The van der Waals surface area contributed by atoms with Crippen molar-refractivity contribution in [3.05, 3.63) is 29.8 Å². The predicted octanol–water partition coefficient (Wildman–Crippen LogP) is 2.86. The number of imidazole rings is 1. The van der Waals surface area contributed by atoms with Gasteiger partial charge in [0.05, 0.1) is 11.9 Å². The Hall–Kier alpha value is -1.93. The van der Waals surface area contributed by atoms with Crippen LogP contribution in [0.5, 0.6) is 0 Å². The Labute approximate surface area is 130 Å². The number of nitrogens with zero attached hydrogens (tertiary/aromatic N) is 4. The van der Waals surface area contributed by atoms with Gasteiger partial charge >= 0.3 is 0 Å². The van der Waals surface area contributed by atoms with Crippen LogP contribution in [0, 0.1) is 6.92 Å². The van der Waals surface area contributed by atoms with Crippen LogP contribution in [0.1, 0.15) is 12.1 Å². The number of rotatable bonds is 6. The number of aromatic nitrogens is 4. The van der Waals surface area contributed by atoms with Crippen LogP contribution in [0.2, 0.25) is 0 Å². The molecule has 0 fully saturated rings. The molecule has 110 valence electrons. The van der Waals surface area contributed by atoms with E-state index >= 15 is 0 Å². The average Bonchev–Trinajstić information content (AvgIpc) is 3.17. The molecule has 0 amide bonds. The fourth-order valence-corrected chi connectivity index (χ4v) is 3.64. The number of thiazole rings is 1. The molecule has 21 heavy (non-hydrogen) atoms. The van der Waals surface area contributed by atoms with Crippen molar-refractivity contribution >= 4 is 33.7 Å². The molecule has 0 aliphatic carbocycles. The van der Waals surface area contributed by atoms with Crippen LogP contribution in [-0.2, 0) is 6.54 Å². The number of nitrogens with one attached hydrogen (secondary N) is 1. The van der Waals surface area contributed by atoms with Gasteiger partial charge in [0.25, 0.3) is 0 Å². The number of nitrogens with two attached hydrogens (primary N) is 1. The van der Waals surface area contributed by atoms with Crippen molar-refractivity contribution in [1.29, 1.82) is 0 Å². The molecule has 0 saturated heterocycles. The summed E-state index contributed by atoms with van der Waals surface area (Å²) in [6.45, 7) is 3.78. The number of nitrogen functional groups attached to an aromatic ring is 1. The lowest BCUT2D eigenvalue weighted by Crippen LogP contribution is -2.05. The topological polar surface area (TPSA) is 81.6 Å². The van der Waals surface area contributed by atoms with Gasteiger partial charge in [0.1, 0.15) is 15.8 Å². The van der Waals surface area contributed by atoms with E-state index in [2.05, 4.69) is 24.2 Å². The molecule has 8 heteroatoms. The fourth-order valence-electron chi connectivity index (χ4n) is 1.98. The normalized spacial score (nSPS) is 10.9. The van der Waals surface area contributed by atoms with Crippen LogP contribution in [0.4, 0.5) is 10.8 Å². The Bertz CT molecular complexity index is 700. The highest BCUT2D eigenvalue weighted by Crippen LogP contribution is 2.38. The number of aryl methyl sites for hydroxylation is 2. The summed E-state index contributed by atoms with van der Waals surface area (Å²) in [5.41, 5.74) is 7.92. The van der Waals surface area contributed by atoms with E-state index < -0.39 is 0 Å². The summed E-state index contributed by atoms with van der Waals surface area (Å²) in [5.74, 6) is 0.548. The first kappa shape index (κ1) is 14.0. The molecule has 0 unspecified atom stereocenters. The van der Waals surface area contributed by atoms with Crippen molar-refractivity contribution < 1.29 is 0 Å². The van der Waals surface area contributed by atoms with Gasteiger partial charge in [-0.2, -0.15) is 4.37 Å². The summed E-state index contributed by atoms with van der Waals surface area (Å²) in [6, 6.07) is 0.